The summed E-state index contributed by atoms with van der Waals surface area (Å²) >= 11 is 0. The first-order valence-corrected chi connectivity index (χ1v) is 10.4. The molecule has 0 atom stereocenters. The lowest BCUT2D eigenvalue weighted by Crippen LogP contribution is -2.43. The summed E-state index contributed by atoms with van der Waals surface area (Å²) in [6.07, 6.45) is 0. The van der Waals surface area contributed by atoms with Crippen LogP contribution in [0.5, 0.6) is 0 Å². The van der Waals surface area contributed by atoms with Gasteiger partial charge in [0, 0.05) is 16.7 Å². The number of primary amides is 1. The minimum Gasteiger partial charge on any atom is -0.366 e. The van der Waals surface area contributed by atoms with Crippen LogP contribution >= 0.6 is 0 Å². The Morgan fingerprint density at radius 1 is 0.697 bits per heavy atom. The van der Waals surface area contributed by atoms with Gasteiger partial charge >= 0.3 is 0 Å². The van der Waals surface area contributed by atoms with Crippen molar-refractivity contribution < 1.29 is 14.4 Å². The second-order valence-electron chi connectivity index (χ2n) is 8.47. The van der Waals surface area contributed by atoms with E-state index in [0.29, 0.717) is 22.4 Å². The molecule has 0 fully saturated rings. The fraction of sp³-hybridized carbons (Fsp3) is 0.154. The van der Waals surface area contributed by atoms with E-state index in [1.807, 2.05) is 12.1 Å². The van der Waals surface area contributed by atoms with Crippen LogP contribution in [0.25, 0.3) is 0 Å². The first-order valence-electron chi connectivity index (χ1n) is 10.4. The third kappa shape index (κ3) is 6.36. The van der Waals surface area contributed by atoms with Crippen molar-refractivity contribution in [2.24, 2.45) is 10.7 Å². The summed E-state index contributed by atoms with van der Waals surface area (Å²) in [5.41, 5.74) is 7.92. The van der Waals surface area contributed by atoms with E-state index in [4.69, 9.17) is 5.73 Å². The molecule has 3 rings (SSSR count). The minimum atomic E-state index is -0.560. The van der Waals surface area contributed by atoms with Crippen molar-refractivity contribution in [1.29, 1.82) is 0 Å². The standard InChI is InChI=1S/C26H26N4O3/c1-26(2,3)20-13-9-19(10-14-20)24(33)30-25(29-23(32)18-7-5-4-6-8-18)28-21-15-11-17(12-16-21)22(27)31/h4-16H,1-3H3,(H2,27,31)(H2,28,29,30,32,33). The number of guanidine groups is 1. The number of rotatable bonds is 4. The van der Waals surface area contributed by atoms with Crippen LogP contribution in [0.2, 0.25) is 0 Å². The van der Waals surface area contributed by atoms with E-state index < -0.39 is 17.7 Å². The summed E-state index contributed by atoms with van der Waals surface area (Å²) in [6, 6.07) is 22.0. The van der Waals surface area contributed by atoms with Gasteiger partial charge in [-0.3, -0.25) is 25.0 Å². The largest absolute Gasteiger partial charge is 0.366 e. The van der Waals surface area contributed by atoms with E-state index in [1.165, 1.54) is 12.1 Å². The number of nitrogens with zero attached hydrogens (tertiary/aromatic N) is 1. The predicted octanol–water partition coefficient (Wildman–Crippen LogP) is 3.93. The topological polar surface area (TPSA) is 114 Å². The molecule has 7 heteroatoms. The highest BCUT2D eigenvalue weighted by molar-refractivity contribution is 6.13. The molecule has 0 saturated heterocycles. The lowest BCUT2D eigenvalue weighted by Gasteiger charge is -2.19. The number of hydrogen-bond acceptors (Lipinski definition) is 4. The fourth-order valence-corrected chi connectivity index (χ4v) is 2.99. The second kappa shape index (κ2) is 9.91. The van der Waals surface area contributed by atoms with Crippen LogP contribution in [0.15, 0.2) is 83.9 Å². The maximum absolute atomic E-state index is 12.9. The summed E-state index contributed by atoms with van der Waals surface area (Å²) < 4.78 is 0. The van der Waals surface area contributed by atoms with Gasteiger partial charge in [0.1, 0.15) is 0 Å². The summed E-state index contributed by atoms with van der Waals surface area (Å²) in [6.45, 7) is 6.28. The number of amides is 3. The maximum atomic E-state index is 12.9. The van der Waals surface area contributed by atoms with Gasteiger partial charge in [-0.2, -0.15) is 0 Å². The summed E-state index contributed by atoms with van der Waals surface area (Å²) in [5, 5.41) is 5.31. The number of aliphatic imine (C=N–C) groups is 1. The molecule has 0 heterocycles. The van der Waals surface area contributed by atoms with Gasteiger partial charge in [0.2, 0.25) is 11.9 Å². The Morgan fingerprint density at radius 3 is 1.67 bits per heavy atom. The molecule has 0 aliphatic heterocycles. The second-order valence-corrected chi connectivity index (χ2v) is 8.47. The molecule has 4 N–H and O–H groups in total. The lowest BCUT2D eigenvalue weighted by atomic mass is 9.87. The van der Waals surface area contributed by atoms with Crippen LogP contribution in [-0.2, 0) is 5.41 Å². The average molecular weight is 443 g/mol. The highest BCUT2D eigenvalue weighted by atomic mass is 16.2. The van der Waals surface area contributed by atoms with Crippen LogP contribution in [0.4, 0.5) is 5.69 Å². The summed E-state index contributed by atoms with van der Waals surface area (Å²) in [5.74, 6) is -1.45. The summed E-state index contributed by atoms with van der Waals surface area (Å²) in [4.78, 5) is 41.2. The number of nitrogens with two attached hydrogens (primary N) is 1. The molecule has 7 nitrogen and oxygen atoms in total. The SMILES string of the molecule is CC(C)(C)c1ccc(C(=O)NC(=Nc2ccc(C(N)=O)cc2)NC(=O)c2ccccc2)cc1. The average Bonchev–Trinajstić information content (AvgIpc) is 2.79. The Morgan fingerprint density at radius 2 is 1.18 bits per heavy atom. The maximum Gasteiger partial charge on any atom is 0.257 e. The highest BCUT2D eigenvalue weighted by Crippen LogP contribution is 2.22. The molecule has 0 aliphatic carbocycles. The molecule has 0 aromatic heterocycles. The van der Waals surface area contributed by atoms with Crippen LogP contribution in [0.1, 0.15) is 57.4 Å². The van der Waals surface area contributed by atoms with Gasteiger partial charge in [0.05, 0.1) is 5.69 Å². The molecule has 3 amide bonds. The van der Waals surface area contributed by atoms with Crippen LogP contribution in [-0.4, -0.2) is 23.7 Å². The first-order chi connectivity index (χ1) is 15.6. The predicted molar refractivity (Wildman–Crippen MR) is 129 cm³/mol. The molecule has 168 valence electrons. The Bertz CT molecular complexity index is 1180. The van der Waals surface area contributed by atoms with E-state index in [9.17, 15) is 14.4 Å². The number of carbonyl (C=O) groups excluding carboxylic acids is 3. The summed E-state index contributed by atoms with van der Waals surface area (Å²) in [7, 11) is 0. The molecule has 0 bridgehead atoms. The molecule has 33 heavy (non-hydrogen) atoms. The molecular formula is C26H26N4O3. The normalized spacial score (nSPS) is 11.5. The van der Waals surface area contributed by atoms with Gasteiger partial charge in [-0.1, -0.05) is 51.1 Å². The molecular weight excluding hydrogens is 416 g/mol. The number of benzene rings is 3. The monoisotopic (exact) mass is 442 g/mol. The third-order valence-corrected chi connectivity index (χ3v) is 4.91. The number of carbonyl (C=O) groups is 3. The molecule has 3 aromatic carbocycles. The van der Waals surface area contributed by atoms with Gasteiger partial charge in [0.15, 0.2) is 0 Å². The highest BCUT2D eigenvalue weighted by Gasteiger charge is 2.16. The third-order valence-electron chi connectivity index (χ3n) is 4.91. The molecule has 0 radical (unpaired) electrons. The van der Waals surface area contributed by atoms with Crippen molar-refractivity contribution >= 4 is 29.4 Å². The van der Waals surface area contributed by atoms with Gasteiger partial charge in [-0.15, -0.1) is 0 Å². The first kappa shape index (κ1) is 23.4. The van der Waals surface area contributed by atoms with Gasteiger partial charge in [-0.25, -0.2) is 4.99 Å². The van der Waals surface area contributed by atoms with E-state index in [0.717, 1.165) is 5.56 Å². The van der Waals surface area contributed by atoms with Gasteiger partial charge in [0.25, 0.3) is 11.8 Å². The smallest absolute Gasteiger partial charge is 0.257 e. The lowest BCUT2D eigenvalue weighted by molar-refractivity contribution is 0.0962. The van der Waals surface area contributed by atoms with Crippen LogP contribution < -0.4 is 16.4 Å². The Kier molecular flexibility index (Phi) is 7.03. The van der Waals surface area contributed by atoms with Crippen LogP contribution in [0.3, 0.4) is 0 Å². The molecule has 0 spiro atoms. The Balaban J connectivity index is 1.86. The number of hydrogen-bond donors (Lipinski definition) is 3. The van der Waals surface area contributed by atoms with Crippen molar-refractivity contribution in [3.63, 3.8) is 0 Å². The van der Waals surface area contributed by atoms with Crippen molar-refractivity contribution in [2.45, 2.75) is 26.2 Å². The molecule has 0 aliphatic rings. The fourth-order valence-electron chi connectivity index (χ4n) is 2.99. The zero-order valence-electron chi connectivity index (χ0n) is 18.8. The van der Waals surface area contributed by atoms with Crippen molar-refractivity contribution in [3.8, 4) is 0 Å². The number of nitrogens with one attached hydrogen (secondary N) is 2. The van der Waals surface area contributed by atoms with E-state index in [2.05, 4.69) is 36.4 Å². The van der Waals surface area contributed by atoms with Crippen molar-refractivity contribution in [1.82, 2.24) is 10.6 Å². The Hall–Kier alpha value is -4.26. The zero-order chi connectivity index (χ0) is 24.0. The molecule has 0 saturated carbocycles. The Labute approximate surface area is 192 Å². The van der Waals surface area contributed by atoms with Crippen molar-refractivity contribution in [3.05, 3.63) is 101 Å². The van der Waals surface area contributed by atoms with Crippen LogP contribution in [0, 0.1) is 0 Å². The zero-order valence-corrected chi connectivity index (χ0v) is 18.8. The molecule has 3 aromatic rings. The van der Waals surface area contributed by atoms with E-state index in [1.54, 1.807) is 54.6 Å². The van der Waals surface area contributed by atoms with Gasteiger partial charge in [-0.05, 0) is 59.5 Å². The van der Waals surface area contributed by atoms with E-state index >= 15 is 0 Å². The molecule has 0 unspecified atom stereocenters. The van der Waals surface area contributed by atoms with E-state index in [-0.39, 0.29) is 11.4 Å². The minimum absolute atomic E-state index is 0.0393. The van der Waals surface area contributed by atoms with Gasteiger partial charge < -0.3 is 5.73 Å². The quantitative estimate of drug-likeness (QED) is 0.420. The van der Waals surface area contributed by atoms with Crippen molar-refractivity contribution in [2.75, 3.05) is 0 Å².